The van der Waals surface area contributed by atoms with Crippen LogP contribution in [0.5, 0.6) is 0 Å². The maximum absolute atomic E-state index is 5.38. The van der Waals surface area contributed by atoms with E-state index in [9.17, 15) is 0 Å². The molecule has 0 saturated carbocycles. The molecule has 0 spiro atoms. The molecule has 4 heteroatoms. The normalized spacial score (nSPS) is 15.3. The minimum atomic E-state index is -0.0816. The van der Waals surface area contributed by atoms with E-state index >= 15 is 0 Å². The van der Waals surface area contributed by atoms with Gasteiger partial charge in [0.1, 0.15) is 0 Å². The van der Waals surface area contributed by atoms with Gasteiger partial charge in [0.15, 0.2) is 0 Å². The fourth-order valence-electron chi connectivity index (χ4n) is 0.705. The maximum Gasteiger partial charge on any atom is 0.0992 e. The van der Waals surface area contributed by atoms with E-state index in [1.165, 1.54) is 0 Å². The second-order valence-electron chi connectivity index (χ2n) is 2.92. The molecule has 2 atom stereocenters. The van der Waals surface area contributed by atoms with Crippen molar-refractivity contribution in [2.75, 3.05) is 19.8 Å². The lowest BCUT2D eigenvalue weighted by molar-refractivity contribution is -0.0550. The zero-order valence-corrected chi connectivity index (χ0v) is 8.36. The highest BCUT2D eigenvalue weighted by Gasteiger charge is 2.05. The van der Waals surface area contributed by atoms with E-state index in [0.29, 0.717) is 19.8 Å². The van der Waals surface area contributed by atoms with Crippen LogP contribution in [0.2, 0.25) is 0 Å². The zero-order valence-electron chi connectivity index (χ0n) is 8.36. The topological polar surface area (TPSA) is 53.7 Å². The summed E-state index contributed by atoms with van der Waals surface area (Å²) in [6.45, 7) is 8.92. The molecule has 78 valence electrons. The van der Waals surface area contributed by atoms with Crippen molar-refractivity contribution >= 4 is 0 Å². The quantitative estimate of drug-likeness (QED) is 0.350. The first-order chi connectivity index (χ1) is 6.20. The predicted octanol–water partition coefficient (Wildman–Crippen LogP) is 0.873. The van der Waals surface area contributed by atoms with E-state index in [1.807, 2.05) is 13.8 Å². The smallest absolute Gasteiger partial charge is 0.0992 e. The molecule has 0 heterocycles. The van der Waals surface area contributed by atoms with Crippen LogP contribution in [-0.4, -0.2) is 32.0 Å². The summed E-state index contributed by atoms with van der Waals surface area (Å²) in [6, 6.07) is 0. The second kappa shape index (κ2) is 8.19. The molecule has 0 aromatic carbocycles. The highest BCUT2D eigenvalue weighted by molar-refractivity contribution is 4.64. The Hall–Kier alpha value is -0.420. The van der Waals surface area contributed by atoms with Crippen molar-refractivity contribution in [2.45, 2.75) is 26.1 Å². The lowest BCUT2D eigenvalue weighted by Crippen LogP contribution is -2.25. The van der Waals surface area contributed by atoms with E-state index in [4.69, 9.17) is 15.4 Å². The molecule has 0 aromatic heterocycles. The zero-order chi connectivity index (χ0) is 10.1. The van der Waals surface area contributed by atoms with Crippen molar-refractivity contribution in [3.63, 3.8) is 0 Å². The summed E-state index contributed by atoms with van der Waals surface area (Å²) in [4.78, 5) is 4.54. The molecule has 4 nitrogen and oxygen atoms in total. The Morgan fingerprint density at radius 1 is 1.31 bits per heavy atom. The number of hydrogen-bond acceptors (Lipinski definition) is 4. The lowest BCUT2D eigenvalue weighted by Gasteiger charge is -2.15. The highest BCUT2D eigenvalue weighted by Crippen LogP contribution is 1.95. The van der Waals surface area contributed by atoms with Gasteiger partial charge in [-0.3, -0.25) is 4.84 Å². The van der Waals surface area contributed by atoms with Crippen molar-refractivity contribution in [1.29, 1.82) is 0 Å². The minimum absolute atomic E-state index is 0.0533. The summed E-state index contributed by atoms with van der Waals surface area (Å²) in [5.41, 5.74) is 0. The van der Waals surface area contributed by atoms with Crippen molar-refractivity contribution in [3.8, 4) is 0 Å². The maximum atomic E-state index is 5.38. The van der Waals surface area contributed by atoms with Gasteiger partial charge in [0, 0.05) is 0 Å². The van der Waals surface area contributed by atoms with E-state index in [2.05, 4.69) is 11.4 Å². The standard InChI is InChI=1S/C9H19NO3/c1-4-5-11-6-8(2)12-7-9(3)13-10/h4,8-9H,1,5-7,10H2,2-3H3. The van der Waals surface area contributed by atoms with Gasteiger partial charge in [0.25, 0.3) is 0 Å². The SMILES string of the molecule is C=CCOCC(C)OCC(C)ON. The molecule has 0 bridgehead atoms. The minimum Gasteiger partial charge on any atom is -0.375 e. The van der Waals surface area contributed by atoms with Crippen LogP contribution >= 0.6 is 0 Å². The first-order valence-corrected chi connectivity index (χ1v) is 4.36. The van der Waals surface area contributed by atoms with Crippen LogP contribution in [0, 0.1) is 0 Å². The molecule has 0 radical (unpaired) electrons. The van der Waals surface area contributed by atoms with Crippen molar-refractivity contribution in [3.05, 3.63) is 12.7 Å². The molecule has 2 unspecified atom stereocenters. The third-order valence-corrected chi connectivity index (χ3v) is 1.44. The second-order valence-corrected chi connectivity index (χ2v) is 2.92. The van der Waals surface area contributed by atoms with Crippen molar-refractivity contribution in [1.82, 2.24) is 0 Å². The van der Waals surface area contributed by atoms with E-state index in [0.717, 1.165) is 0 Å². The lowest BCUT2D eigenvalue weighted by atomic mass is 10.4. The van der Waals surface area contributed by atoms with Crippen LogP contribution in [0.25, 0.3) is 0 Å². The van der Waals surface area contributed by atoms with Gasteiger partial charge in [-0.15, -0.1) is 6.58 Å². The van der Waals surface area contributed by atoms with Crippen LogP contribution in [0.15, 0.2) is 12.7 Å². The summed E-state index contributed by atoms with van der Waals surface area (Å²) >= 11 is 0. The Kier molecular flexibility index (Phi) is 7.93. The molecule has 0 aliphatic carbocycles. The first kappa shape index (κ1) is 12.6. The summed E-state index contributed by atoms with van der Waals surface area (Å²) in [6.07, 6.45) is 1.68. The summed E-state index contributed by atoms with van der Waals surface area (Å²) < 4.78 is 10.6. The monoisotopic (exact) mass is 189 g/mol. The van der Waals surface area contributed by atoms with Gasteiger partial charge in [-0.25, -0.2) is 5.90 Å². The Morgan fingerprint density at radius 3 is 2.54 bits per heavy atom. The van der Waals surface area contributed by atoms with Crippen molar-refractivity contribution < 1.29 is 14.3 Å². The molecule has 0 saturated heterocycles. The molecule has 13 heavy (non-hydrogen) atoms. The molecular formula is C9H19NO3. The van der Waals surface area contributed by atoms with Gasteiger partial charge in [0.05, 0.1) is 32.0 Å². The van der Waals surface area contributed by atoms with Gasteiger partial charge in [0.2, 0.25) is 0 Å². The highest BCUT2D eigenvalue weighted by atomic mass is 16.6. The molecule has 2 N–H and O–H groups in total. The summed E-state index contributed by atoms with van der Waals surface area (Å²) in [5.74, 6) is 4.96. The molecule has 0 fully saturated rings. The predicted molar refractivity (Wildman–Crippen MR) is 51.2 cm³/mol. The van der Waals surface area contributed by atoms with E-state index < -0.39 is 0 Å². The Bertz CT molecular complexity index is 130. The van der Waals surface area contributed by atoms with Gasteiger partial charge in [-0.05, 0) is 13.8 Å². The van der Waals surface area contributed by atoms with E-state index in [-0.39, 0.29) is 12.2 Å². The number of ether oxygens (including phenoxy) is 2. The Labute approximate surface area is 79.6 Å². The number of hydrogen-bond donors (Lipinski definition) is 1. The van der Waals surface area contributed by atoms with Gasteiger partial charge in [-0.2, -0.15) is 0 Å². The van der Waals surface area contributed by atoms with Crippen LogP contribution in [0.1, 0.15) is 13.8 Å². The fraction of sp³-hybridized carbons (Fsp3) is 0.778. The third kappa shape index (κ3) is 7.93. The average Bonchev–Trinajstić information content (AvgIpc) is 2.14. The largest absolute Gasteiger partial charge is 0.375 e. The van der Waals surface area contributed by atoms with Crippen LogP contribution < -0.4 is 5.90 Å². The van der Waals surface area contributed by atoms with Crippen LogP contribution in [-0.2, 0) is 14.3 Å². The van der Waals surface area contributed by atoms with Gasteiger partial charge >= 0.3 is 0 Å². The molecule has 0 aliphatic rings. The number of nitrogens with two attached hydrogens (primary N) is 1. The molecule has 0 aliphatic heterocycles. The van der Waals surface area contributed by atoms with Crippen molar-refractivity contribution in [2.24, 2.45) is 5.90 Å². The average molecular weight is 189 g/mol. The van der Waals surface area contributed by atoms with Crippen LogP contribution in [0.4, 0.5) is 0 Å². The number of rotatable bonds is 8. The fourth-order valence-corrected chi connectivity index (χ4v) is 0.705. The van der Waals surface area contributed by atoms with E-state index in [1.54, 1.807) is 6.08 Å². The summed E-state index contributed by atoms with van der Waals surface area (Å²) in [7, 11) is 0. The first-order valence-electron chi connectivity index (χ1n) is 4.36. The van der Waals surface area contributed by atoms with Gasteiger partial charge in [-0.1, -0.05) is 6.08 Å². The molecule has 0 rings (SSSR count). The molecule has 0 amide bonds. The van der Waals surface area contributed by atoms with Crippen LogP contribution in [0.3, 0.4) is 0 Å². The third-order valence-electron chi connectivity index (χ3n) is 1.44. The van der Waals surface area contributed by atoms with Gasteiger partial charge < -0.3 is 9.47 Å². The summed E-state index contributed by atoms with van der Waals surface area (Å²) in [5, 5.41) is 0. The Morgan fingerprint density at radius 2 is 2.00 bits per heavy atom. The molecular weight excluding hydrogens is 170 g/mol. The molecule has 0 aromatic rings. The Balaban J connectivity index is 3.28.